The first kappa shape index (κ1) is 13.8. The van der Waals surface area contributed by atoms with Crippen LogP contribution in [0.4, 0.5) is 4.39 Å². The number of fused-ring (bicyclic) bond motifs is 1. The average molecular weight is 283 g/mol. The van der Waals surface area contributed by atoms with E-state index in [4.69, 9.17) is 4.42 Å². The van der Waals surface area contributed by atoms with E-state index >= 15 is 0 Å². The summed E-state index contributed by atoms with van der Waals surface area (Å²) in [7, 11) is 0. The van der Waals surface area contributed by atoms with Crippen LogP contribution < -0.4 is 5.32 Å². The van der Waals surface area contributed by atoms with Gasteiger partial charge in [-0.15, -0.1) is 0 Å². The second-order valence-corrected chi connectivity index (χ2v) is 5.43. The van der Waals surface area contributed by atoms with E-state index in [1.165, 1.54) is 6.07 Å². The SMILES string of the molecule is CC(C)NCc1occc1-c1ccc(F)c2ccccc12. The molecule has 0 aliphatic carbocycles. The van der Waals surface area contributed by atoms with Crippen LogP contribution in [0.2, 0.25) is 0 Å². The Morgan fingerprint density at radius 2 is 1.76 bits per heavy atom. The van der Waals surface area contributed by atoms with Gasteiger partial charge in [-0.05, 0) is 23.1 Å². The molecule has 1 heterocycles. The molecule has 3 aromatic rings. The fourth-order valence-electron chi connectivity index (χ4n) is 2.51. The Bertz CT molecular complexity index is 761. The molecule has 0 fully saturated rings. The van der Waals surface area contributed by atoms with Gasteiger partial charge in [0.25, 0.3) is 0 Å². The van der Waals surface area contributed by atoms with Crippen LogP contribution in [-0.2, 0) is 6.54 Å². The molecule has 2 nitrogen and oxygen atoms in total. The summed E-state index contributed by atoms with van der Waals surface area (Å²) in [5.74, 6) is 0.681. The highest BCUT2D eigenvalue weighted by atomic mass is 19.1. The van der Waals surface area contributed by atoms with Crippen LogP contribution in [0.1, 0.15) is 19.6 Å². The molecule has 0 spiro atoms. The average Bonchev–Trinajstić information content (AvgIpc) is 2.94. The predicted molar refractivity (Wildman–Crippen MR) is 83.6 cm³/mol. The number of hydrogen-bond acceptors (Lipinski definition) is 2. The van der Waals surface area contributed by atoms with Gasteiger partial charge in [0.05, 0.1) is 12.8 Å². The largest absolute Gasteiger partial charge is 0.467 e. The van der Waals surface area contributed by atoms with Gasteiger partial charge < -0.3 is 9.73 Å². The molecular weight excluding hydrogens is 265 g/mol. The van der Waals surface area contributed by atoms with E-state index in [1.807, 2.05) is 30.3 Å². The topological polar surface area (TPSA) is 25.2 Å². The van der Waals surface area contributed by atoms with Crippen molar-refractivity contribution in [2.24, 2.45) is 0 Å². The zero-order valence-corrected chi connectivity index (χ0v) is 12.2. The molecule has 0 saturated carbocycles. The van der Waals surface area contributed by atoms with Gasteiger partial charge >= 0.3 is 0 Å². The van der Waals surface area contributed by atoms with Crippen LogP contribution >= 0.6 is 0 Å². The van der Waals surface area contributed by atoms with Crippen molar-refractivity contribution in [2.75, 3.05) is 0 Å². The summed E-state index contributed by atoms with van der Waals surface area (Å²) in [5.41, 5.74) is 2.01. The van der Waals surface area contributed by atoms with Crippen molar-refractivity contribution in [1.29, 1.82) is 0 Å². The highest BCUT2D eigenvalue weighted by Gasteiger charge is 2.13. The minimum absolute atomic E-state index is 0.195. The summed E-state index contributed by atoms with van der Waals surface area (Å²) in [5, 5.41) is 4.89. The van der Waals surface area contributed by atoms with Crippen molar-refractivity contribution in [2.45, 2.75) is 26.4 Å². The lowest BCUT2D eigenvalue weighted by molar-refractivity contribution is 0.466. The number of benzene rings is 2. The smallest absolute Gasteiger partial charge is 0.131 e. The molecule has 21 heavy (non-hydrogen) atoms. The molecule has 2 aromatic carbocycles. The van der Waals surface area contributed by atoms with Gasteiger partial charge in [-0.1, -0.05) is 44.2 Å². The first-order valence-electron chi connectivity index (χ1n) is 7.14. The first-order chi connectivity index (χ1) is 10.2. The Kier molecular flexibility index (Phi) is 3.76. The minimum Gasteiger partial charge on any atom is -0.467 e. The molecule has 0 radical (unpaired) electrons. The van der Waals surface area contributed by atoms with Gasteiger partial charge in [-0.25, -0.2) is 4.39 Å². The van der Waals surface area contributed by atoms with Crippen LogP contribution in [-0.4, -0.2) is 6.04 Å². The van der Waals surface area contributed by atoms with E-state index in [-0.39, 0.29) is 5.82 Å². The van der Waals surface area contributed by atoms with Crippen molar-refractivity contribution in [1.82, 2.24) is 5.32 Å². The number of halogens is 1. The van der Waals surface area contributed by atoms with E-state index in [9.17, 15) is 4.39 Å². The van der Waals surface area contributed by atoms with Crippen LogP contribution in [0.25, 0.3) is 21.9 Å². The number of rotatable bonds is 4. The lowest BCUT2D eigenvalue weighted by Gasteiger charge is -2.10. The summed E-state index contributed by atoms with van der Waals surface area (Å²) in [6.45, 7) is 4.84. The quantitative estimate of drug-likeness (QED) is 0.748. The van der Waals surface area contributed by atoms with Crippen molar-refractivity contribution in [3.05, 3.63) is 60.3 Å². The van der Waals surface area contributed by atoms with Gasteiger partial charge in [0.2, 0.25) is 0 Å². The Hall–Kier alpha value is -2.13. The molecule has 3 heteroatoms. The van der Waals surface area contributed by atoms with Gasteiger partial charge in [-0.3, -0.25) is 0 Å². The Balaban J connectivity index is 2.09. The third kappa shape index (κ3) is 2.69. The first-order valence-corrected chi connectivity index (χ1v) is 7.14. The van der Waals surface area contributed by atoms with Gasteiger partial charge in [0.1, 0.15) is 11.6 Å². The Labute approximate surface area is 123 Å². The third-order valence-electron chi connectivity index (χ3n) is 3.58. The van der Waals surface area contributed by atoms with E-state index in [0.29, 0.717) is 18.0 Å². The second kappa shape index (κ2) is 5.70. The number of furan rings is 1. The van der Waals surface area contributed by atoms with E-state index in [0.717, 1.165) is 22.3 Å². The normalized spacial score (nSPS) is 11.4. The van der Waals surface area contributed by atoms with Crippen LogP contribution in [0.3, 0.4) is 0 Å². The van der Waals surface area contributed by atoms with E-state index < -0.39 is 0 Å². The fourth-order valence-corrected chi connectivity index (χ4v) is 2.51. The molecule has 0 saturated heterocycles. The third-order valence-corrected chi connectivity index (χ3v) is 3.58. The maximum atomic E-state index is 13.9. The molecular formula is C18H18FNO. The minimum atomic E-state index is -0.195. The highest BCUT2D eigenvalue weighted by Crippen LogP contribution is 2.33. The van der Waals surface area contributed by atoms with Crippen molar-refractivity contribution in [3.8, 4) is 11.1 Å². The second-order valence-electron chi connectivity index (χ2n) is 5.43. The maximum absolute atomic E-state index is 13.9. The molecule has 0 amide bonds. The zero-order chi connectivity index (χ0) is 14.8. The van der Waals surface area contributed by atoms with Crippen LogP contribution in [0, 0.1) is 5.82 Å². The van der Waals surface area contributed by atoms with Crippen LogP contribution in [0.5, 0.6) is 0 Å². The lowest BCUT2D eigenvalue weighted by Crippen LogP contribution is -2.21. The number of hydrogen-bond donors (Lipinski definition) is 1. The summed E-state index contributed by atoms with van der Waals surface area (Å²) >= 11 is 0. The molecule has 0 aliphatic heterocycles. The van der Waals surface area contributed by atoms with Gasteiger partial charge in [0.15, 0.2) is 0 Å². The van der Waals surface area contributed by atoms with Gasteiger partial charge in [-0.2, -0.15) is 0 Å². The lowest BCUT2D eigenvalue weighted by atomic mass is 9.98. The molecule has 0 unspecified atom stereocenters. The van der Waals surface area contributed by atoms with Crippen molar-refractivity contribution >= 4 is 10.8 Å². The zero-order valence-electron chi connectivity index (χ0n) is 12.2. The molecule has 1 aromatic heterocycles. The van der Waals surface area contributed by atoms with E-state index in [2.05, 4.69) is 19.2 Å². The monoisotopic (exact) mass is 283 g/mol. The standard InChI is InChI=1S/C18H18FNO/c1-12(2)20-11-18-16(9-10-21-18)14-7-8-17(19)15-6-4-3-5-13(14)15/h3-10,12,20H,11H2,1-2H3. The van der Waals surface area contributed by atoms with Crippen LogP contribution in [0.15, 0.2) is 53.1 Å². The maximum Gasteiger partial charge on any atom is 0.131 e. The van der Waals surface area contributed by atoms with E-state index in [1.54, 1.807) is 12.3 Å². The van der Waals surface area contributed by atoms with Crippen molar-refractivity contribution < 1.29 is 8.81 Å². The molecule has 0 atom stereocenters. The fraction of sp³-hybridized carbons (Fsp3) is 0.222. The predicted octanol–water partition coefficient (Wildman–Crippen LogP) is 4.74. The molecule has 1 N–H and O–H groups in total. The molecule has 0 aliphatic rings. The highest BCUT2D eigenvalue weighted by molar-refractivity contribution is 5.97. The Morgan fingerprint density at radius 3 is 2.52 bits per heavy atom. The molecule has 0 bridgehead atoms. The Morgan fingerprint density at radius 1 is 1.00 bits per heavy atom. The van der Waals surface area contributed by atoms with Crippen molar-refractivity contribution in [3.63, 3.8) is 0 Å². The molecule has 3 rings (SSSR count). The summed E-state index contributed by atoms with van der Waals surface area (Å²) < 4.78 is 19.5. The summed E-state index contributed by atoms with van der Waals surface area (Å²) in [4.78, 5) is 0. The number of nitrogens with one attached hydrogen (secondary N) is 1. The summed E-state index contributed by atoms with van der Waals surface area (Å²) in [6, 6.07) is 13.2. The summed E-state index contributed by atoms with van der Waals surface area (Å²) in [6.07, 6.45) is 1.69. The van der Waals surface area contributed by atoms with Gasteiger partial charge in [0, 0.05) is 17.0 Å². The molecule has 108 valence electrons.